The first-order valence-corrected chi connectivity index (χ1v) is 9.05. The summed E-state index contributed by atoms with van der Waals surface area (Å²) >= 11 is 1.53. The Hall–Kier alpha value is -0.270. The van der Waals surface area contributed by atoms with Crippen LogP contribution in [-0.2, 0) is 14.8 Å². The number of nitrogens with zero attached hydrogens (tertiary/aromatic N) is 2. The second-order valence-electron chi connectivity index (χ2n) is 4.66. The molecule has 2 fully saturated rings. The van der Waals surface area contributed by atoms with Gasteiger partial charge in [-0.2, -0.15) is 4.31 Å². The average Bonchev–Trinajstić information content (AvgIpc) is 3.08. The van der Waals surface area contributed by atoms with Crippen LogP contribution < -0.4 is 0 Å². The van der Waals surface area contributed by atoms with Crippen molar-refractivity contribution in [3.05, 3.63) is 0 Å². The fraction of sp³-hybridized carbons (Fsp3) is 0.909. The van der Waals surface area contributed by atoms with Gasteiger partial charge in [-0.1, -0.05) is 0 Å². The fourth-order valence-corrected chi connectivity index (χ4v) is 5.73. The number of amides is 1. The van der Waals surface area contributed by atoms with Gasteiger partial charge in [0.15, 0.2) is 0 Å². The highest BCUT2D eigenvalue weighted by atomic mass is 32.2. The van der Waals surface area contributed by atoms with Crippen molar-refractivity contribution in [1.29, 1.82) is 0 Å². The van der Waals surface area contributed by atoms with Crippen molar-refractivity contribution in [2.45, 2.75) is 38.0 Å². The van der Waals surface area contributed by atoms with E-state index < -0.39 is 16.1 Å². The van der Waals surface area contributed by atoms with E-state index in [1.807, 2.05) is 13.8 Å². The normalized spacial score (nSPS) is 25.3. The van der Waals surface area contributed by atoms with Crippen molar-refractivity contribution < 1.29 is 13.2 Å². The van der Waals surface area contributed by atoms with Crippen molar-refractivity contribution in [2.75, 3.05) is 24.7 Å². The van der Waals surface area contributed by atoms with E-state index in [2.05, 4.69) is 0 Å². The lowest BCUT2D eigenvalue weighted by molar-refractivity contribution is -0.133. The SMILES string of the molecule is CCN(CC)C(=O)C1CSCN1S(=O)(=O)C1CC1. The topological polar surface area (TPSA) is 57.7 Å². The number of sulfonamides is 1. The average molecular weight is 292 g/mol. The predicted molar refractivity (Wildman–Crippen MR) is 72.8 cm³/mol. The maximum atomic E-state index is 12.3. The summed E-state index contributed by atoms with van der Waals surface area (Å²) in [7, 11) is -3.24. The van der Waals surface area contributed by atoms with Gasteiger partial charge in [0.05, 0.1) is 11.1 Å². The molecule has 1 heterocycles. The Morgan fingerprint density at radius 2 is 1.94 bits per heavy atom. The van der Waals surface area contributed by atoms with Crippen LogP contribution in [0.25, 0.3) is 0 Å². The number of hydrogen-bond acceptors (Lipinski definition) is 4. The van der Waals surface area contributed by atoms with Crippen molar-refractivity contribution in [2.24, 2.45) is 0 Å². The van der Waals surface area contributed by atoms with Crippen LogP contribution in [0, 0.1) is 0 Å². The molecule has 104 valence electrons. The molecule has 7 heteroatoms. The quantitative estimate of drug-likeness (QED) is 0.749. The maximum absolute atomic E-state index is 12.3. The van der Waals surface area contributed by atoms with E-state index in [1.54, 1.807) is 4.90 Å². The first-order chi connectivity index (χ1) is 8.52. The Kier molecular flexibility index (Phi) is 4.23. The van der Waals surface area contributed by atoms with Gasteiger partial charge in [0, 0.05) is 18.8 Å². The highest BCUT2D eigenvalue weighted by molar-refractivity contribution is 8.00. The summed E-state index contributed by atoms with van der Waals surface area (Å²) in [5.41, 5.74) is 0. The van der Waals surface area contributed by atoms with Crippen LogP contribution in [-0.4, -0.2) is 59.5 Å². The van der Waals surface area contributed by atoms with Crippen LogP contribution in [0.5, 0.6) is 0 Å². The van der Waals surface area contributed by atoms with Crippen LogP contribution >= 0.6 is 11.8 Å². The molecule has 1 saturated carbocycles. The number of hydrogen-bond donors (Lipinski definition) is 0. The minimum Gasteiger partial charge on any atom is -0.342 e. The monoisotopic (exact) mass is 292 g/mol. The van der Waals surface area contributed by atoms with E-state index >= 15 is 0 Å². The Morgan fingerprint density at radius 1 is 1.33 bits per heavy atom. The van der Waals surface area contributed by atoms with Gasteiger partial charge in [-0.3, -0.25) is 4.79 Å². The third kappa shape index (κ3) is 2.53. The molecular weight excluding hydrogens is 272 g/mol. The molecule has 0 N–H and O–H groups in total. The molecule has 0 spiro atoms. The van der Waals surface area contributed by atoms with E-state index in [0.717, 1.165) is 12.8 Å². The zero-order chi connectivity index (χ0) is 13.3. The maximum Gasteiger partial charge on any atom is 0.241 e. The molecule has 0 bridgehead atoms. The van der Waals surface area contributed by atoms with Gasteiger partial charge in [-0.15, -0.1) is 11.8 Å². The summed E-state index contributed by atoms with van der Waals surface area (Å²) in [5, 5.41) is -0.233. The molecule has 1 saturated heterocycles. The molecule has 1 amide bonds. The van der Waals surface area contributed by atoms with Crippen LogP contribution in [0.4, 0.5) is 0 Å². The summed E-state index contributed by atoms with van der Waals surface area (Å²) < 4.78 is 25.9. The molecule has 1 atom stereocenters. The Balaban J connectivity index is 2.14. The van der Waals surface area contributed by atoms with Crippen molar-refractivity contribution in [3.8, 4) is 0 Å². The van der Waals surface area contributed by atoms with E-state index in [4.69, 9.17) is 0 Å². The standard InChI is InChI=1S/C11H20N2O3S2/c1-3-12(4-2)11(14)10-7-17-8-13(10)18(15,16)9-5-6-9/h9-10H,3-8H2,1-2H3. The number of carbonyl (C=O) groups excluding carboxylic acids is 1. The summed E-state index contributed by atoms with van der Waals surface area (Å²) in [6.45, 7) is 5.11. The molecule has 2 rings (SSSR count). The lowest BCUT2D eigenvalue weighted by atomic mass is 10.3. The second kappa shape index (κ2) is 5.38. The van der Waals surface area contributed by atoms with Gasteiger partial charge >= 0.3 is 0 Å². The molecule has 18 heavy (non-hydrogen) atoms. The summed E-state index contributed by atoms with van der Waals surface area (Å²) in [6.07, 6.45) is 1.49. The largest absolute Gasteiger partial charge is 0.342 e. The predicted octanol–water partition coefficient (Wildman–Crippen LogP) is 0.722. The summed E-state index contributed by atoms with van der Waals surface area (Å²) in [4.78, 5) is 14.0. The van der Waals surface area contributed by atoms with Crippen molar-refractivity contribution in [3.63, 3.8) is 0 Å². The van der Waals surface area contributed by atoms with E-state index in [-0.39, 0.29) is 11.2 Å². The molecule has 1 aliphatic carbocycles. The minimum absolute atomic E-state index is 0.0470. The molecule has 0 radical (unpaired) electrons. The first kappa shape index (κ1) is 14.1. The third-order valence-electron chi connectivity index (χ3n) is 3.47. The minimum atomic E-state index is -3.24. The number of rotatable bonds is 5. The van der Waals surface area contributed by atoms with E-state index in [1.165, 1.54) is 16.1 Å². The molecular formula is C11H20N2O3S2. The summed E-state index contributed by atoms with van der Waals surface area (Å²) in [6, 6.07) is -0.486. The van der Waals surface area contributed by atoms with E-state index in [9.17, 15) is 13.2 Å². The molecule has 0 aromatic rings. The smallest absolute Gasteiger partial charge is 0.241 e. The number of likely N-dealkylation sites (N-methyl/N-ethyl adjacent to an activating group) is 1. The van der Waals surface area contributed by atoms with Gasteiger partial charge in [0.2, 0.25) is 15.9 Å². The van der Waals surface area contributed by atoms with Crippen LogP contribution in [0.15, 0.2) is 0 Å². The molecule has 1 aliphatic heterocycles. The van der Waals surface area contributed by atoms with Gasteiger partial charge in [-0.25, -0.2) is 8.42 Å². The van der Waals surface area contributed by atoms with Crippen molar-refractivity contribution in [1.82, 2.24) is 9.21 Å². The van der Waals surface area contributed by atoms with Gasteiger partial charge < -0.3 is 4.90 Å². The first-order valence-electron chi connectivity index (χ1n) is 6.39. The zero-order valence-corrected chi connectivity index (χ0v) is 12.5. The summed E-state index contributed by atoms with van der Waals surface area (Å²) in [5.74, 6) is 0.965. The van der Waals surface area contributed by atoms with Crippen LogP contribution in [0.2, 0.25) is 0 Å². The Morgan fingerprint density at radius 3 is 2.44 bits per heavy atom. The number of thioether (sulfide) groups is 1. The van der Waals surface area contributed by atoms with Crippen LogP contribution in [0.1, 0.15) is 26.7 Å². The van der Waals surface area contributed by atoms with E-state index in [0.29, 0.717) is 24.7 Å². The van der Waals surface area contributed by atoms with Gasteiger partial charge in [-0.05, 0) is 26.7 Å². The zero-order valence-electron chi connectivity index (χ0n) is 10.8. The van der Waals surface area contributed by atoms with Gasteiger partial charge in [0.1, 0.15) is 6.04 Å². The molecule has 5 nitrogen and oxygen atoms in total. The van der Waals surface area contributed by atoms with Crippen molar-refractivity contribution >= 4 is 27.7 Å². The lowest BCUT2D eigenvalue weighted by Gasteiger charge is -2.27. The molecule has 1 unspecified atom stereocenters. The Bertz CT molecular complexity index is 416. The van der Waals surface area contributed by atoms with Crippen LogP contribution in [0.3, 0.4) is 0 Å². The highest BCUT2D eigenvalue weighted by Gasteiger charge is 2.47. The second-order valence-corrected chi connectivity index (χ2v) is 7.82. The molecule has 0 aromatic heterocycles. The third-order valence-corrected chi connectivity index (χ3v) is 7.00. The lowest BCUT2D eigenvalue weighted by Crippen LogP contribution is -2.49. The highest BCUT2D eigenvalue weighted by Crippen LogP contribution is 2.36. The fourth-order valence-electron chi connectivity index (χ4n) is 2.18. The molecule has 2 aliphatic rings. The Labute approximate surface area is 113 Å². The number of carbonyl (C=O) groups is 1. The van der Waals surface area contributed by atoms with Gasteiger partial charge in [0.25, 0.3) is 0 Å². The molecule has 0 aromatic carbocycles.